The van der Waals surface area contributed by atoms with E-state index in [-0.39, 0.29) is 22.9 Å². The van der Waals surface area contributed by atoms with Crippen molar-refractivity contribution in [2.75, 3.05) is 32.7 Å². The molecule has 31 heavy (non-hydrogen) atoms. The Labute approximate surface area is 183 Å². The predicted molar refractivity (Wildman–Crippen MR) is 120 cm³/mol. The smallest absolute Gasteiger partial charge is 0.308 e. The summed E-state index contributed by atoms with van der Waals surface area (Å²) >= 11 is 0. The lowest BCUT2D eigenvalue weighted by molar-refractivity contribution is -0.384. The predicted octanol–water partition coefficient (Wildman–Crippen LogP) is 4.24. The molecule has 0 bridgehead atoms. The van der Waals surface area contributed by atoms with E-state index in [0.717, 1.165) is 38.4 Å². The second-order valence-electron chi connectivity index (χ2n) is 8.92. The van der Waals surface area contributed by atoms with Crippen LogP contribution in [0.4, 0.5) is 5.69 Å². The minimum Gasteiger partial charge on any atom is -0.338 e. The van der Waals surface area contributed by atoms with Gasteiger partial charge in [0.1, 0.15) is 11.3 Å². The van der Waals surface area contributed by atoms with E-state index in [1.165, 1.54) is 25.1 Å². The third-order valence-corrected chi connectivity index (χ3v) is 6.58. The van der Waals surface area contributed by atoms with E-state index in [9.17, 15) is 14.9 Å². The number of nitro groups is 1. The lowest BCUT2D eigenvalue weighted by Gasteiger charge is -2.37. The molecule has 2 fully saturated rings. The molecule has 7 heteroatoms. The molecule has 0 saturated carbocycles. The number of aromatic nitrogens is 1. The summed E-state index contributed by atoms with van der Waals surface area (Å²) in [6.45, 7) is 6.87. The van der Waals surface area contributed by atoms with Crippen molar-refractivity contribution in [2.24, 2.45) is 11.8 Å². The Morgan fingerprint density at radius 1 is 1.13 bits per heavy atom. The van der Waals surface area contributed by atoms with Crippen LogP contribution in [0.1, 0.15) is 43.0 Å². The van der Waals surface area contributed by atoms with Gasteiger partial charge in [0, 0.05) is 31.4 Å². The van der Waals surface area contributed by atoms with Crippen molar-refractivity contribution in [1.29, 1.82) is 0 Å². The summed E-state index contributed by atoms with van der Waals surface area (Å²) in [7, 11) is 0. The Hall–Kier alpha value is -2.80. The van der Waals surface area contributed by atoms with Crippen molar-refractivity contribution < 1.29 is 9.72 Å². The number of likely N-dealkylation sites (tertiary alicyclic amines) is 2. The van der Waals surface area contributed by atoms with Crippen molar-refractivity contribution >= 4 is 11.6 Å². The number of hydrogen-bond donors (Lipinski definition) is 0. The molecule has 7 nitrogen and oxygen atoms in total. The number of hydrogen-bond acceptors (Lipinski definition) is 5. The van der Waals surface area contributed by atoms with Crippen molar-refractivity contribution in [3.63, 3.8) is 0 Å². The zero-order chi connectivity index (χ0) is 21.8. The van der Waals surface area contributed by atoms with Crippen LogP contribution >= 0.6 is 0 Å². The molecule has 4 rings (SSSR count). The molecule has 1 amide bonds. The SMILES string of the molecule is CC1CCN(C[C@H]2CCCN(C(=O)c3ccnc(-c4ccccc4)c3[N+](=O)[O-])C2)CC1. The van der Waals surface area contributed by atoms with Gasteiger partial charge in [0.25, 0.3) is 5.91 Å². The molecule has 2 saturated heterocycles. The summed E-state index contributed by atoms with van der Waals surface area (Å²) in [4.78, 5) is 33.4. The van der Waals surface area contributed by atoms with Crippen molar-refractivity contribution in [2.45, 2.75) is 32.6 Å². The summed E-state index contributed by atoms with van der Waals surface area (Å²) in [6.07, 6.45) is 6.01. The zero-order valence-electron chi connectivity index (χ0n) is 18.1. The molecule has 164 valence electrons. The molecular weight excluding hydrogens is 392 g/mol. The van der Waals surface area contributed by atoms with Crippen molar-refractivity contribution in [3.05, 3.63) is 58.3 Å². The summed E-state index contributed by atoms with van der Waals surface area (Å²) in [6, 6.07) is 10.5. The van der Waals surface area contributed by atoms with Gasteiger partial charge in [-0.25, -0.2) is 4.98 Å². The first kappa shape index (κ1) is 21.4. The van der Waals surface area contributed by atoms with E-state index in [2.05, 4.69) is 16.8 Å². The van der Waals surface area contributed by atoms with Crippen LogP contribution < -0.4 is 0 Å². The van der Waals surface area contributed by atoms with Gasteiger partial charge in [-0.2, -0.15) is 0 Å². The second kappa shape index (κ2) is 9.56. The molecule has 1 aromatic heterocycles. The molecule has 1 aromatic carbocycles. The highest BCUT2D eigenvalue weighted by Gasteiger charge is 2.32. The molecule has 2 aromatic rings. The van der Waals surface area contributed by atoms with Gasteiger partial charge in [-0.15, -0.1) is 0 Å². The number of pyridine rings is 1. The van der Waals surface area contributed by atoms with Crippen LogP contribution in [0.25, 0.3) is 11.3 Å². The van der Waals surface area contributed by atoms with Crippen molar-refractivity contribution in [3.8, 4) is 11.3 Å². The quantitative estimate of drug-likeness (QED) is 0.532. The minimum absolute atomic E-state index is 0.131. The molecule has 0 N–H and O–H groups in total. The van der Waals surface area contributed by atoms with Crippen LogP contribution in [0.15, 0.2) is 42.6 Å². The number of carbonyl (C=O) groups is 1. The van der Waals surface area contributed by atoms with Crippen LogP contribution in [0.3, 0.4) is 0 Å². The molecule has 3 heterocycles. The van der Waals surface area contributed by atoms with Crippen LogP contribution in [-0.4, -0.2) is 58.3 Å². The van der Waals surface area contributed by atoms with E-state index in [1.807, 2.05) is 18.2 Å². The summed E-state index contributed by atoms with van der Waals surface area (Å²) in [5.74, 6) is 0.954. The number of rotatable bonds is 5. The zero-order valence-corrected chi connectivity index (χ0v) is 18.1. The molecule has 0 aliphatic carbocycles. The maximum absolute atomic E-state index is 13.4. The van der Waals surface area contributed by atoms with Gasteiger partial charge in [-0.05, 0) is 56.7 Å². The molecule has 0 radical (unpaired) electrons. The Morgan fingerprint density at radius 2 is 1.87 bits per heavy atom. The van der Waals surface area contributed by atoms with E-state index < -0.39 is 4.92 Å². The Bertz CT molecular complexity index is 926. The van der Waals surface area contributed by atoms with Gasteiger partial charge < -0.3 is 9.80 Å². The fraction of sp³-hybridized carbons (Fsp3) is 0.500. The highest BCUT2D eigenvalue weighted by molar-refractivity contribution is 6.00. The summed E-state index contributed by atoms with van der Waals surface area (Å²) < 4.78 is 0. The van der Waals surface area contributed by atoms with Crippen molar-refractivity contribution in [1.82, 2.24) is 14.8 Å². The maximum atomic E-state index is 13.4. The summed E-state index contributed by atoms with van der Waals surface area (Å²) in [5, 5.41) is 11.9. The van der Waals surface area contributed by atoms with E-state index in [4.69, 9.17) is 0 Å². The van der Waals surface area contributed by atoms with Crippen LogP contribution in [0.2, 0.25) is 0 Å². The topological polar surface area (TPSA) is 79.6 Å². The van der Waals surface area contributed by atoms with Gasteiger partial charge in [-0.1, -0.05) is 37.3 Å². The number of benzene rings is 1. The standard InChI is InChI=1S/C24H30N4O3/c1-18-10-14-26(15-11-18)16-19-6-5-13-27(17-19)24(29)21-9-12-25-22(23(21)28(30)31)20-7-3-2-4-8-20/h2-4,7-9,12,18-19H,5-6,10-11,13-17H2,1H3/t19-/m1/s1. The lowest BCUT2D eigenvalue weighted by Crippen LogP contribution is -2.45. The molecule has 2 aliphatic rings. The normalized spacial score (nSPS) is 20.5. The van der Waals surface area contributed by atoms with Crippen LogP contribution in [-0.2, 0) is 0 Å². The number of nitrogens with zero attached hydrogens (tertiary/aromatic N) is 4. The Morgan fingerprint density at radius 3 is 2.58 bits per heavy atom. The molecule has 0 unspecified atom stereocenters. The Balaban J connectivity index is 1.53. The second-order valence-corrected chi connectivity index (χ2v) is 8.92. The van der Waals surface area contributed by atoms with E-state index >= 15 is 0 Å². The van der Waals surface area contributed by atoms with Gasteiger partial charge >= 0.3 is 5.69 Å². The summed E-state index contributed by atoms with van der Waals surface area (Å²) in [5.41, 5.74) is 0.810. The molecule has 0 spiro atoms. The fourth-order valence-electron chi connectivity index (χ4n) is 4.80. The number of amides is 1. The number of piperidine rings is 2. The molecule has 2 aliphatic heterocycles. The van der Waals surface area contributed by atoms with Gasteiger partial charge in [-0.3, -0.25) is 14.9 Å². The Kier molecular flexibility index (Phi) is 6.61. The van der Waals surface area contributed by atoms with Gasteiger partial charge in [0.15, 0.2) is 0 Å². The minimum atomic E-state index is -0.473. The van der Waals surface area contributed by atoms with Crippen LogP contribution in [0.5, 0.6) is 0 Å². The first-order chi connectivity index (χ1) is 15.0. The monoisotopic (exact) mass is 422 g/mol. The average molecular weight is 423 g/mol. The highest BCUT2D eigenvalue weighted by atomic mass is 16.6. The van der Waals surface area contributed by atoms with Gasteiger partial charge in [0.05, 0.1) is 4.92 Å². The first-order valence-corrected chi connectivity index (χ1v) is 11.2. The van der Waals surface area contributed by atoms with Gasteiger partial charge in [0.2, 0.25) is 0 Å². The van der Waals surface area contributed by atoms with E-state index in [1.54, 1.807) is 17.0 Å². The first-order valence-electron chi connectivity index (χ1n) is 11.2. The maximum Gasteiger partial charge on any atom is 0.308 e. The fourth-order valence-corrected chi connectivity index (χ4v) is 4.80. The number of carbonyl (C=O) groups excluding carboxylic acids is 1. The largest absolute Gasteiger partial charge is 0.338 e. The van der Waals surface area contributed by atoms with E-state index in [0.29, 0.717) is 24.6 Å². The molecule has 1 atom stereocenters. The average Bonchev–Trinajstić information content (AvgIpc) is 2.80. The lowest BCUT2D eigenvalue weighted by atomic mass is 9.94. The third kappa shape index (κ3) is 4.93. The van der Waals surface area contributed by atoms with Crippen LogP contribution in [0, 0.1) is 22.0 Å². The highest BCUT2D eigenvalue weighted by Crippen LogP contribution is 2.32. The molecular formula is C24H30N4O3. The third-order valence-electron chi connectivity index (χ3n) is 6.58.